The van der Waals surface area contributed by atoms with Gasteiger partial charge >= 0.3 is 6.18 Å². The standard InChI is InChI=1S/C15H14BrF3N4O2S/c1-3-26(24,25)11-4-9(16)6-20-14(11)10-7-23-8-22(2)12(15(17,18)19)5-13(23)21-10/h4-7H,3,8H2,1-2H3. The monoisotopic (exact) mass is 450 g/mol. The van der Waals surface area contributed by atoms with Gasteiger partial charge in [-0.1, -0.05) is 6.92 Å². The molecule has 0 aliphatic carbocycles. The van der Waals surface area contributed by atoms with E-state index in [0.29, 0.717) is 4.47 Å². The van der Waals surface area contributed by atoms with Crippen molar-refractivity contribution in [2.75, 3.05) is 12.8 Å². The third-order valence-electron chi connectivity index (χ3n) is 3.92. The van der Waals surface area contributed by atoms with E-state index in [0.717, 1.165) is 11.0 Å². The zero-order valence-corrected chi connectivity index (χ0v) is 16.2. The van der Waals surface area contributed by atoms with Gasteiger partial charge in [-0.05, 0) is 22.0 Å². The topological polar surface area (TPSA) is 68.1 Å². The van der Waals surface area contributed by atoms with E-state index in [1.54, 1.807) is 0 Å². The molecule has 11 heteroatoms. The summed E-state index contributed by atoms with van der Waals surface area (Å²) in [6.07, 6.45) is -0.648. The summed E-state index contributed by atoms with van der Waals surface area (Å²) < 4.78 is 66.0. The molecule has 2 aromatic rings. The molecule has 0 atom stereocenters. The van der Waals surface area contributed by atoms with Crippen LogP contribution in [0.3, 0.4) is 0 Å². The number of rotatable bonds is 3. The molecule has 3 rings (SSSR count). The van der Waals surface area contributed by atoms with Crippen LogP contribution in [0.15, 0.2) is 33.5 Å². The van der Waals surface area contributed by atoms with Gasteiger partial charge in [-0.15, -0.1) is 0 Å². The van der Waals surface area contributed by atoms with E-state index >= 15 is 0 Å². The highest BCUT2D eigenvalue weighted by atomic mass is 79.9. The maximum absolute atomic E-state index is 13.1. The van der Waals surface area contributed by atoms with Crippen molar-refractivity contribution in [3.63, 3.8) is 0 Å². The van der Waals surface area contributed by atoms with Crippen LogP contribution in [0.2, 0.25) is 0 Å². The Bertz CT molecular complexity index is 999. The molecule has 0 fully saturated rings. The van der Waals surface area contributed by atoms with Crippen molar-refractivity contribution in [1.29, 1.82) is 0 Å². The van der Waals surface area contributed by atoms with Crippen LogP contribution in [0.1, 0.15) is 12.7 Å². The van der Waals surface area contributed by atoms with Gasteiger partial charge in [0.2, 0.25) is 0 Å². The first-order chi connectivity index (χ1) is 12.0. The van der Waals surface area contributed by atoms with E-state index in [-0.39, 0.29) is 34.5 Å². The van der Waals surface area contributed by atoms with E-state index in [1.165, 1.54) is 37.0 Å². The van der Waals surface area contributed by atoms with Crippen LogP contribution in [0.4, 0.5) is 13.2 Å². The van der Waals surface area contributed by atoms with Gasteiger partial charge < -0.3 is 9.47 Å². The molecule has 0 aromatic carbocycles. The zero-order valence-electron chi connectivity index (χ0n) is 13.7. The summed E-state index contributed by atoms with van der Waals surface area (Å²) in [5.74, 6) is -0.0398. The average molecular weight is 451 g/mol. The summed E-state index contributed by atoms with van der Waals surface area (Å²) in [5, 5.41) is 0. The molecule has 0 N–H and O–H groups in total. The number of allylic oxidation sites excluding steroid dienone is 1. The van der Waals surface area contributed by atoms with Crippen molar-refractivity contribution >= 4 is 31.8 Å². The first-order valence-electron chi connectivity index (χ1n) is 7.49. The van der Waals surface area contributed by atoms with E-state index in [4.69, 9.17) is 0 Å². The Balaban J connectivity index is 2.15. The minimum Gasteiger partial charge on any atom is -0.352 e. The molecule has 2 aromatic heterocycles. The first-order valence-corrected chi connectivity index (χ1v) is 9.93. The van der Waals surface area contributed by atoms with Crippen LogP contribution >= 0.6 is 15.9 Å². The number of halogens is 4. The Morgan fingerprint density at radius 3 is 2.65 bits per heavy atom. The fourth-order valence-corrected chi connectivity index (χ4v) is 4.17. The molecule has 140 valence electrons. The highest BCUT2D eigenvalue weighted by Gasteiger charge is 2.38. The Hall–Kier alpha value is -1.88. The molecule has 3 heterocycles. The van der Waals surface area contributed by atoms with Gasteiger partial charge in [-0.25, -0.2) is 13.4 Å². The molecular weight excluding hydrogens is 437 g/mol. The number of hydrogen-bond donors (Lipinski definition) is 0. The van der Waals surface area contributed by atoms with Crippen molar-refractivity contribution < 1.29 is 21.6 Å². The molecule has 0 bridgehead atoms. The number of aromatic nitrogens is 3. The SMILES string of the molecule is CCS(=O)(=O)c1cc(Br)cnc1-c1cn2c(n1)C=C(C(F)(F)F)N(C)C2. The van der Waals surface area contributed by atoms with Crippen molar-refractivity contribution in [2.24, 2.45) is 0 Å². The zero-order chi connectivity index (χ0) is 19.3. The van der Waals surface area contributed by atoms with Gasteiger partial charge in [-0.3, -0.25) is 4.98 Å². The second-order valence-electron chi connectivity index (χ2n) is 5.72. The number of fused-ring (bicyclic) bond motifs is 1. The lowest BCUT2D eigenvalue weighted by Gasteiger charge is -2.28. The van der Waals surface area contributed by atoms with Crippen molar-refractivity contribution in [1.82, 2.24) is 19.4 Å². The lowest BCUT2D eigenvalue weighted by molar-refractivity contribution is -0.111. The smallest absolute Gasteiger partial charge is 0.352 e. The van der Waals surface area contributed by atoms with Crippen molar-refractivity contribution in [3.8, 4) is 11.4 Å². The van der Waals surface area contributed by atoms with Crippen LogP contribution in [0.5, 0.6) is 0 Å². The van der Waals surface area contributed by atoms with Crippen molar-refractivity contribution in [2.45, 2.75) is 24.7 Å². The highest BCUT2D eigenvalue weighted by molar-refractivity contribution is 9.10. The molecule has 0 saturated heterocycles. The summed E-state index contributed by atoms with van der Waals surface area (Å²) in [6, 6.07) is 1.42. The second kappa shape index (κ2) is 6.38. The van der Waals surface area contributed by atoms with E-state index in [9.17, 15) is 21.6 Å². The Morgan fingerprint density at radius 1 is 1.35 bits per heavy atom. The highest BCUT2D eigenvalue weighted by Crippen LogP contribution is 2.34. The van der Waals surface area contributed by atoms with Crippen LogP contribution in [0, 0.1) is 0 Å². The fourth-order valence-electron chi connectivity index (χ4n) is 2.61. The molecule has 6 nitrogen and oxygen atoms in total. The number of pyridine rings is 1. The summed E-state index contributed by atoms with van der Waals surface area (Å²) in [7, 11) is -2.27. The summed E-state index contributed by atoms with van der Waals surface area (Å²) >= 11 is 3.19. The van der Waals surface area contributed by atoms with Gasteiger partial charge in [0.15, 0.2) is 9.84 Å². The predicted octanol–water partition coefficient (Wildman–Crippen LogP) is 3.31. The predicted molar refractivity (Wildman–Crippen MR) is 92.7 cm³/mol. The first kappa shape index (κ1) is 18.9. The maximum atomic E-state index is 13.1. The molecule has 0 spiro atoms. The van der Waals surface area contributed by atoms with Gasteiger partial charge in [0, 0.05) is 30.0 Å². The fraction of sp³-hybridized carbons (Fsp3) is 0.333. The van der Waals surface area contributed by atoms with Gasteiger partial charge in [0.05, 0.1) is 17.3 Å². The van der Waals surface area contributed by atoms with Crippen LogP contribution in [0.25, 0.3) is 17.5 Å². The molecule has 1 aliphatic rings. The third kappa shape index (κ3) is 3.37. The molecule has 0 unspecified atom stereocenters. The summed E-state index contributed by atoms with van der Waals surface area (Å²) in [5.41, 5.74) is -0.499. The third-order valence-corrected chi connectivity index (χ3v) is 6.09. The molecule has 1 aliphatic heterocycles. The maximum Gasteiger partial charge on any atom is 0.431 e. The molecule has 0 radical (unpaired) electrons. The lowest BCUT2D eigenvalue weighted by atomic mass is 10.3. The number of hydrogen-bond acceptors (Lipinski definition) is 5. The Morgan fingerprint density at radius 2 is 2.04 bits per heavy atom. The Kier molecular flexibility index (Phi) is 4.63. The minimum absolute atomic E-state index is 0.0156. The Labute approximate surface area is 156 Å². The van der Waals surface area contributed by atoms with Crippen LogP contribution in [-0.2, 0) is 16.5 Å². The number of sulfone groups is 1. The molecule has 0 amide bonds. The lowest BCUT2D eigenvalue weighted by Crippen LogP contribution is -2.33. The molecule has 0 saturated carbocycles. The quantitative estimate of drug-likeness (QED) is 0.717. The largest absolute Gasteiger partial charge is 0.431 e. The molecular formula is C15H14BrF3N4O2S. The normalized spacial score (nSPS) is 15.0. The van der Waals surface area contributed by atoms with Gasteiger partial charge in [0.25, 0.3) is 0 Å². The van der Waals surface area contributed by atoms with Gasteiger partial charge in [0.1, 0.15) is 22.9 Å². The number of imidazole rings is 1. The number of alkyl halides is 3. The van der Waals surface area contributed by atoms with E-state index in [2.05, 4.69) is 25.9 Å². The summed E-state index contributed by atoms with van der Waals surface area (Å²) in [4.78, 5) is 9.35. The van der Waals surface area contributed by atoms with Crippen LogP contribution < -0.4 is 0 Å². The average Bonchev–Trinajstić information content (AvgIpc) is 2.95. The summed E-state index contributed by atoms with van der Waals surface area (Å²) in [6.45, 7) is 1.45. The van der Waals surface area contributed by atoms with E-state index in [1.807, 2.05) is 0 Å². The van der Waals surface area contributed by atoms with Gasteiger partial charge in [-0.2, -0.15) is 13.2 Å². The van der Waals surface area contributed by atoms with E-state index < -0.39 is 21.7 Å². The molecule has 26 heavy (non-hydrogen) atoms. The van der Waals surface area contributed by atoms with Crippen molar-refractivity contribution in [3.05, 3.63) is 34.5 Å². The minimum atomic E-state index is -4.50. The van der Waals surface area contributed by atoms with Crippen LogP contribution in [-0.4, -0.2) is 46.8 Å². The second-order valence-corrected chi connectivity index (χ2v) is 8.89. The number of nitrogens with zero attached hydrogens (tertiary/aromatic N) is 4.